The SMILES string of the molecule is O=C(N[C@@H](Cc1ccccc1)C(=O)Nc1ccc(C2CC2NCc2ccccc2)cc1)OCc1ccccc1. The van der Waals surface area contributed by atoms with Crippen LogP contribution in [0, 0.1) is 0 Å². The second kappa shape index (κ2) is 12.9. The van der Waals surface area contributed by atoms with Gasteiger partial charge in [-0.2, -0.15) is 0 Å². The van der Waals surface area contributed by atoms with E-state index in [2.05, 4.69) is 52.3 Å². The van der Waals surface area contributed by atoms with E-state index in [4.69, 9.17) is 4.74 Å². The molecule has 3 atom stereocenters. The van der Waals surface area contributed by atoms with Crippen molar-refractivity contribution in [1.82, 2.24) is 10.6 Å². The first-order valence-electron chi connectivity index (χ1n) is 13.3. The summed E-state index contributed by atoms with van der Waals surface area (Å²) >= 11 is 0. The van der Waals surface area contributed by atoms with Gasteiger partial charge in [0, 0.05) is 30.6 Å². The van der Waals surface area contributed by atoms with E-state index in [1.807, 2.05) is 78.9 Å². The maximum absolute atomic E-state index is 13.2. The van der Waals surface area contributed by atoms with Crippen molar-refractivity contribution >= 4 is 17.7 Å². The van der Waals surface area contributed by atoms with Crippen LogP contribution in [0.15, 0.2) is 115 Å². The maximum atomic E-state index is 13.2. The molecule has 1 saturated carbocycles. The minimum Gasteiger partial charge on any atom is -0.445 e. The predicted molar refractivity (Wildman–Crippen MR) is 153 cm³/mol. The maximum Gasteiger partial charge on any atom is 0.408 e. The Morgan fingerprint density at radius 2 is 1.33 bits per heavy atom. The average molecular weight is 520 g/mol. The molecule has 0 bridgehead atoms. The van der Waals surface area contributed by atoms with Gasteiger partial charge in [0.25, 0.3) is 0 Å². The number of benzene rings is 4. The van der Waals surface area contributed by atoms with E-state index in [9.17, 15) is 9.59 Å². The number of nitrogens with one attached hydrogen (secondary N) is 3. The lowest BCUT2D eigenvalue weighted by molar-refractivity contribution is -0.118. The van der Waals surface area contributed by atoms with E-state index in [0.717, 1.165) is 24.1 Å². The minimum atomic E-state index is -0.787. The third-order valence-electron chi connectivity index (χ3n) is 6.91. The van der Waals surface area contributed by atoms with Gasteiger partial charge in [0.1, 0.15) is 12.6 Å². The lowest BCUT2D eigenvalue weighted by atomic mass is 10.0. The van der Waals surface area contributed by atoms with E-state index in [-0.39, 0.29) is 12.5 Å². The first-order chi connectivity index (χ1) is 19.1. The Morgan fingerprint density at radius 1 is 0.744 bits per heavy atom. The van der Waals surface area contributed by atoms with Crippen LogP contribution < -0.4 is 16.0 Å². The summed E-state index contributed by atoms with van der Waals surface area (Å²) in [7, 11) is 0. The lowest BCUT2D eigenvalue weighted by Crippen LogP contribution is -2.45. The summed E-state index contributed by atoms with van der Waals surface area (Å²) < 4.78 is 5.37. The topological polar surface area (TPSA) is 79.5 Å². The Hall–Kier alpha value is -4.42. The fourth-order valence-corrected chi connectivity index (χ4v) is 4.64. The molecule has 6 heteroatoms. The lowest BCUT2D eigenvalue weighted by Gasteiger charge is -2.19. The number of ether oxygens (including phenoxy) is 1. The van der Waals surface area contributed by atoms with Gasteiger partial charge >= 0.3 is 6.09 Å². The fraction of sp³-hybridized carbons (Fsp3) is 0.212. The first kappa shape index (κ1) is 26.2. The Balaban J connectivity index is 1.16. The van der Waals surface area contributed by atoms with E-state index >= 15 is 0 Å². The van der Waals surface area contributed by atoms with Gasteiger partial charge in [-0.3, -0.25) is 4.79 Å². The highest BCUT2D eigenvalue weighted by Gasteiger charge is 2.37. The molecule has 1 fully saturated rings. The molecule has 3 N–H and O–H groups in total. The standard InChI is InChI=1S/C33H33N3O3/c37-32(31(20-24-10-4-1-5-11-24)36-33(38)39-23-26-14-8-3-9-15-26)35-28-18-16-27(17-19-28)29-21-30(29)34-22-25-12-6-2-7-13-25/h1-19,29-31,34H,20-23H2,(H,35,37)(H,36,38)/t29?,30?,31-/m0/s1. The summed E-state index contributed by atoms with van der Waals surface area (Å²) in [6, 6.07) is 37.1. The molecule has 0 saturated heterocycles. The Bertz CT molecular complexity index is 1350. The summed E-state index contributed by atoms with van der Waals surface area (Å²) in [4.78, 5) is 25.8. The van der Waals surface area contributed by atoms with Gasteiger partial charge in [-0.15, -0.1) is 0 Å². The van der Waals surface area contributed by atoms with Crippen LogP contribution in [0.3, 0.4) is 0 Å². The molecule has 6 nitrogen and oxygen atoms in total. The molecule has 39 heavy (non-hydrogen) atoms. The van der Waals surface area contributed by atoms with Gasteiger partial charge in [0.15, 0.2) is 0 Å². The molecular weight excluding hydrogens is 486 g/mol. The molecule has 0 radical (unpaired) electrons. The summed E-state index contributed by atoms with van der Waals surface area (Å²) in [5.74, 6) is 0.183. The largest absolute Gasteiger partial charge is 0.445 e. The molecule has 0 spiro atoms. The summed E-state index contributed by atoms with van der Waals surface area (Å²) in [5, 5.41) is 9.33. The van der Waals surface area contributed by atoms with Crippen LogP contribution in [0.25, 0.3) is 0 Å². The molecule has 4 aromatic rings. The van der Waals surface area contributed by atoms with Crippen LogP contribution in [0.2, 0.25) is 0 Å². The van der Waals surface area contributed by atoms with E-state index < -0.39 is 12.1 Å². The van der Waals surface area contributed by atoms with Crippen LogP contribution in [0.4, 0.5) is 10.5 Å². The smallest absolute Gasteiger partial charge is 0.408 e. The van der Waals surface area contributed by atoms with Crippen molar-refractivity contribution in [3.8, 4) is 0 Å². The third-order valence-corrected chi connectivity index (χ3v) is 6.91. The number of anilines is 1. The zero-order valence-electron chi connectivity index (χ0n) is 21.8. The van der Waals surface area contributed by atoms with Gasteiger partial charge in [-0.25, -0.2) is 4.79 Å². The predicted octanol–water partition coefficient (Wildman–Crippen LogP) is 5.81. The van der Waals surface area contributed by atoms with Gasteiger partial charge < -0.3 is 20.7 Å². The number of carbonyl (C=O) groups is 2. The zero-order valence-corrected chi connectivity index (χ0v) is 21.8. The van der Waals surface area contributed by atoms with Crippen molar-refractivity contribution in [1.29, 1.82) is 0 Å². The van der Waals surface area contributed by atoms with Crippen LogP contribution in [-0.2, 0) is 29.1 Å². The highest BCUT2D eigenvalue weighted by molar-refractivity contribution is 5.96. The quantitative estimate of drug-likeness (QED) is 0.234. The average Bonchev–Trinajstić information content (AvgIpc) is 3.76. The zero-order chi connectivity index (χ0) is 26.9. The Labute approximate surface area is 229 Å². The van der Waals surface area contributed by atoms with Crippen molar-refractivity contribution in [2.24, 2.45) is 0 Å². The second-order valence-corrected chi connectivity index (χ2v) is 9.87. The van der Waals surface area contributed by atoms with Gasteiger partial charge in [0.2, 0.25) is 5.91 Å². The molecular formula is C33H33N3O3. The number of carbonyl (C=O) groups excluding carboxylic acids is 2. The van der Waals surface area contributed by atoms with Crippen molar-refractivity contribution in [3.63, 3.8) is 0 Å². The van der Waals surface area contributed by atoms with Crippen molar-refractivity contribution in [2.45, 2.75) is 44.0 Å². The van der Waals surface area contributed by atoms with Crippen LogP contribution in [0.1, 0.15) is 34.6 Å². The molecule has 2 amide bonds. The van der Waals surface area contributed by atoms with Gasteiger partial charge in [-0.05, 0) is 40.8 Å². The number of hydrogen-bond donors (Lipinski definition) is 3. The number of rotatable bonds is 11. The minimum absolute atomic E-state index is 0.135. The van der Waals surface area contributed by atoms with Crippen molar-refractivity contribution in [2.75, 3.05) is 5.32 Å². The molecule has 5 rings (SSSR count). The highest BCUT2D eigenvalue weighted by Crippen LogP contribution is 2.41. The van der Waals surface area contributed by atoms with Crippen molar-refractivity contribution in [3.05, 3.63) is 138 Å². The van der Waals surface area contributed by atoms with Crippen LogP contribution in [-0.4, -0.2) is 24.1 Å². The van der Waals surface area contributed by atoms with Gasteiger partial charge in [-0.1, -0.05) is 103 Å². The van der Waals surface area contributed by atoms with Crippen LogP contribution >= 0.6 is 0 Å². The summed E-state index contributed by atoms with van der Waals surface area (Å²) in [6.07, 6.45) is 0.822. The number of amides is 2. The van der Waals surface area contributed by atoms with E-state index in [1.165, 1.54) is 11.1 Å². The number of alkyl carbamates (subject to hydrolysis) is 1. The molecule has 0 aliphatic heterocycles. The van der Waals surface area contributed by atoms with E-state index in [1.54, 1.807) is 0 Å². The molecule has 1 aliphatic carbocycles. The Morgan fingerprint density at radius 3 is 1.97 bits per heavy atom. The Kier molecular flexibility index (Phi) is 8.66. The molecule has 198 valence electrons. The highest BCUT2D eigenvalue weighted by atomic mass is 16.5. The summed E-state index contributed by atoms with van der Waals surface area (Å²) in [6.45, 7) is 0.996. The molecule has 1 aliphatic rings. The first-order valence-corrected chi connectivity index (χ1v) is 13.3. The monoisotopic (exact) mass is 519 g/mol. The third kappa shape index (κ3) is 7.79. The second-order valence-electron chi connectivity index (χ2n) is 9.87. The normalized spacial score (nSPS) is 16.6. The molecule has 4 aromatic carbocycles. The van der Waals surface area contributed by atoms with Crippen molar-refractivity contribution < 1.29 is 14.3 Å². The molecule has 0 heterocycles. The number of hydrogen-bond acceptors (Lipinski definition) is 4. The molecule has 0 aromatic heterocycles. The van der Waals surface area contributed by atoms with Crippen LogP contribution in [0.5, 0.6) is 0 Å². The van der Waals surface area contributed by atoms with Gasteiger partial charge in [0.05, 0.1) is 0 Å². The fourth-order valence-electron chi connectivity index (χ4n) is 4.64. The summed E-state index contributed by atoms with van der Waals surface area (Å²) in [5.41, 5.74) is 5.05. The molecule has 2 unspecified atom stereocenters. The van der Waals surface area contributed by atoms with E-state index in [0.29, 0.717) is 24.1 Å².